The molecule has 3 atom stereocenters. The number of hydrogen-bond donors (Lipinski definition) is 3. The summed E-state index contributed by atoms with van der Waals surface area (Å²) in [6.07, 6.45) is 0.488. The number of aliphatic hydroxyl groups excluding tert-OH is 1. The Morgan fingerprint density at radius 2 is 2.31 bits per heavy atom. The molecule has 2 saturated heterocycles. The fraction of sp³-hybridized carbons (Fsp3) is 0.900. The van der Waals surface area contributed by atoms with Gasteiger partial charge in [-0.3, -0.25) is 4.79 Å². The van der Waals surface area contributed by atoms with Crippen molar-refractivity contribution >= 4 is 18.3 Å². The van der Waals surface area contributed by atoms with E-state index in [1.54, 1.807) is 0 Å². The van der Waals surface area contributed by atoms with Crippen LogP contribution in [0.5, 0.6) is 0 Å². The van der Waals surface area contributed by atoms with Crippen molar-refractivity contribution in [3.63, 3.8) is 0 Å². The number of nitrogens with one attached hydrogen (secondary N) is 2. The monoisotopic (exact) mass is 250 g/mol. The van der Waals surface area contributed by atoms with Gasteiger partial charge < -0.3 is 20.5 Å². The van der Waals surface area contributed by atoms with E-state index in [4.69, 9.17) is 4.74 Å². The van der Waals surface area contributed by atoms with Crippen LogP contribution < -0.4 is 10.6 Å². The second-order valence-corrected chi connectivity index (χ2v) is 4.29. The van der Waals surface area contributed by atoms with Gasteiger partial charge in [-0.1, -0.05) is 0 Å². The van der Waals surface area contributed by atoms with Crippen LogP contribution in [0.1, 0.15) is 6.42 Å². The van der Waals surface area contributed by atoms with Gasteiger partial charge >= 0.3 is 0 Å². The third-order valence-electron chi connectivity index (χ3n) is 3.14. The maximum Gasteiger partial charge on any atom is 0.225 e. The van der Waals surface area contributed by atoms with Crippen LogP contribution in [0.4, 0.5) is 0 Å². The summed E-state index contributed by atoms with van der Waals surface area (Å²) in [5.74, 6) is 0.222. The maximum atomic E-state index is 11.6. The second kappa shape index (κ2) is 6.39. The van der Waals surface area contributed by atoms with E-state index in [1.807, 2.05) is 0 Å². The van der Waals surface area contributed by atoms with E-state index >= 15 is 0 Å². The highest BCUT2D eigenvalue weighted by molar-refractivity contribution is 5.85. The normalized spacial score (nSPS) is 33.4. The number of aliphatic hydroxyl groups is 1. The Bertz CT molecular complexity index is 234. The van der Waals surface area contributed by atoms with Gasteiger partial charge in [0, 0.05) is 32.2 Å². The molecular formula is C10H19ClN2O3. The lowest BCUT2D eigenvalue weighted by Crippen LogP contribution is -2.37. The largest absolute Gasteiger partial charge is 0.391 e. The summed E-state index contributed by atoms with van der Waals surface area (Å²) in [7, 11) is 0. The number of amides is 1. The van der Waals surface area contributed by atoms with Gasteiger partial charge in [0.2, 0.25) is 5.91 Å². The van der Waals surface area contributed by atoms with Crippen LogP contribution in [0.2, 0.25) is 0 Å². The Morgan fingerprint density at radius 1 is 1.50 bits per heavy atom. The highest BCUT2D eigenvalue weighted by Crippen LogP contribution is 2.13. The molecule has 3 unspecified atom stereocenters. The zero-order chi connectivity index (χ0) is 10.7. The third kappa shape index (κ3) is 3.31. The molecule has 3 N–H and O–H groups in total. The van der Waals surface area contributed by atoms with Crippen molar-refractivity contribution in [2.24, 2.45) is 11.8 Å². The van der Waals surface area contributed by atoms with E-state index in [9.17, 15) is 9.90 Å². The van der Waals surface area contributed by atoms with E-state index < -0.39 is 0 Å². The van der Waals surface area contributed by atoms with Gasteiger partial charge in [0.05, 0.1) is 18.6 Å². The molecule has 0 aliphatic carbocycles. The molecular weight excluding hydrogens is 232 g/mol. The molecule has 0 spiro atoms. The van der Waals surface area contributed by atoms with Gasteiger partial charge in [0.1, 0.15) is 0 Å². The molecule has 0 aromatic carbocycles. The minimum absolute atomic E-state index is 0. The van der Waals surface area contributed by atoms with Crippen LogP contribution in [0.3, 0.4) is 0 Å². The molecule has 1 amide bonds. The third-order valence-corrected chi connectivity index (χ3v) is 3.14. The summed E-state index contributed by atoms with van der Waals surface area (Å²) < 4.78 is 5.15. The molecule has 2 rings (SSSR count). The minimum Gasteiger partial charge on any atom is -0.391 e. The number of β-amino-alcohol motifs (C(OH)–C–C–N with tert-alkyl or cyclic N) is 1. The summed E-state index contributed by atoms with van der Waals surface area (Å²) in [6.45, 7) is 3.20. The molecule has 2 aliphatic rings. The molecule has 16 heavy (non-hydrogen) atoms. The number of rotatable bonds is 3. The van der Waals surface area contributed by atoms with Gasteiger partial charge in [0.25, 0.3) is 0 Å². The first-order valence-corrected chi connectivity index (χ1v) is 5.51. The SMILES string of the molecule is Cl.O=C(NCC1CNCC1O)C1CCOC1. The Hall–Kier alpha value is -0.360. The summed E-state index contributed by atoms with van der Waals surface area (Å²) in [4.78, 5) is 11.6. The number of halogens is 1. The van der Waals surface area contributed by atoms with Crippen molar-refractivity contribution in [1.82, 2.24) is 10.6 Å². The Labute approximate surface area is 101 Å². The zero-order valence-corrected chi connectivity index (χ0v) is 9.96. The predicted octanol–water partition coefficient (Wildman–Crippen LogP) is -0.859. The summed E-state index contributed by atoms with van der Waals surface area (Å²) in [5, 5.41) is 15.5. The Kier molecular flexibility index (Phi) is 5.48. The second-order valence-electron chi connectivity index (χ2n) is 4.29. The van der Waals surface area contributed by atoms with E-state index in [-0.39, 0.29) is 36.3 Å². The van der Waals surface area contributed by atoms with Crippen molar-refractivity contribution in [2.75, 3.05) is 32.8 Å². The van der Waals surface area contributed by atoms with Crippen LogP contribution >= 0.6 is 12.4 Å². The van der Waals surface area contributed by atoms with Crippen molar-refractivity contribution < 1.29 is 14.6 Å². The first-order chi connectivity index (χ1) is 7.27. The minimum atomic E-state index is -0.329. The van der Waals surface area contributed by atoms with E-state index in [0.29, 0.717) is 26.3 Å². The van der Waals surface area contributed by atoms with Gasteiger partial charge in [0.15, 0.2) is 0 Å². The summed E-state index contributed by atoms with van der Waals surface area (Å²) in [5.41, 5.74) is 0. The van der Waals surface area contributed by atoms with Crippen molar-refractivity contribution in [3.05, 3.63) is 0 Å². The van der Waals surface area contributed by atoms with Crippen LogP contribution in [-0.2, 0) is 9.53 Å². The molecule has 2 fully saturated rings. The lowest BCUT2D eigenvalue weighted by Gasteiger charge is -2.15. The van der Waals surface area contributed by atoms with Gasteiger partial charge in [-0.05, 0) is 6.42 Å². The molecule has 5 nitrogen and oxygen atoms in total. The van der Waals surface area contributed by atoms with Crippen molar-refractivity contribution in [3.8, 4) is 0 Å². The summed E-state index contributed by atoms with van der Waals surface area (Å²) >= 11 is 0. The first-order valence-electron chi connectivity index (χ1n) is 5.51. The fourth-order valence-electron chi connectivity index (χ4n) is 2.04. The molecule has 6 heteroatoms. The van der Waals surface area contributed by atoms with Crippen LogP contribution in [0, 0.1) is 11.8 Å². The molecule has 2 heterocycles. The smallest absolute Gasteiger partial charge is 0.225 e. The maximum absolute atomic E-state index is 11.6. The van der Waals surface area contributed by atoms with E-state index in [1.165, 1.54) is 0 Å². The number of carbonyl (C=O) groups is 1. The van der Waals surface area contributed by atoms with Gasteiger partial charge in [-0.25, -0.2) is 0 Å². The molecule has 0 saturated carbocycles. The molecule has 94 valence electrons. The van der Waals surface area contributed by atoms with Crippen LogP contribution in [-0.4, -0.2) is 50.0 Å². The number of ether oxygens (including phenoxy) is 1. The lowest BCUT2D eigenvalue weighted by atomic mass is 10.1. The molecule has 0 bridgehead atoms. The Balaban J connectivity index is 0.00000128. The predicted molar refractivity (Wildman–Crippen MR) is 61.6 cm³/mol. The van der Waals surface area contributed by atoms with Crippen LogP contribution in [0.15, 0.2) is 0 Å². The van der Waals surface area contributed by atoms with Gasteiger partial charge in [-0.15, -0.1) is 12.4 Å². The fourth-order valence-corrected chi connectivity index (χ4v) is 2.04. The zero-order valence-electron chi connectivity index (χ0n) is 9.15. The van der Waals surface area contributed by atoms with Gasteiger partial charge in [-0.2, -0.15) is 0 Å². The van der Waals surface area contributed by atoms with Crippen molar-refractivity contribution in [1.29, 1.82) is 0 Å². The molecule has 0 radical (unpaired) electrons. The quantitative estimate of drug-likeness (QED) is 0.610. The first kappa shape index (κ1) is 13.7. The average molecular weight is 251 g/mol. The molecule has 0 aromatic heterocycles. The highest BCUT2D eigenvalue weighted by Gasteiger charge is 2.27. The number of carbonyl (C=O) groups excluding carboxylic acids is 1. The number of hydrogen-bond acceptors (Lipinski definition) is 4. The Morgan fingerprint density at radius 3 is 2.88 bits per heavy atom. The van der Waals surface area contributed by atoms with E-state index in [2.05, 4.69) is 10.6 Å². The topological polar surface area (TPSA) is 70.6 Å². The standard InChI is InChI=1S/C10H18N2O3.ClH/c13-9-5-11-3-8(9)4-12-10(14)7-1-2-15-6-7;/h7-9,11,13H,1-6H2,(H,12,14);1H. The lowest BCUT2D eigenvalue weighted by molar-refractivity contribution is -0.125. The van der Waals surface area contributed by atoms with Crippen molar-refractivity contribution in [2.45, 2.75) is 12.5 Å². The average Bonchev–Trinajstić information content (AvgIpc) is 2.85. The van der Waals surface area contributed by atoms with E-state index in [0.717, 1.165) is 13.0 Å². The highest BCUT2D eigenvalue weighted by atomic mass is 35.5. The molecule has 2 aliphatic heterocycles. The molecule has 0 aromatic rings. The van der Waals surface area contributed by atoms with Crippen LogP contribution in [0.25, 0.3) is 0 Å². The summed E-state index contributed by atoms with van der Waals surface area (Å²) in [6, 6.07) is 0.